The van der Waals surface area contributed by atoms with Crippen LogP contribution in [0, 0.1) is 27.2 Å². The molecule has 1 aromatic carbocycles. The molecule has 0 N–H and O–H groups in total. The summed E-state index contributed by atoms with van der Waals surface area (Å²) in [6, 6.07) is 2.31. The first-order valence-corrected chi connectivity index (χ1v) is 3.94. The smallest absolute Gasteiger partial charge is 0.282 e. The Bertz CT molecular complexity index is 394. The van der Waals surface area contributed by atoms with Crippen molar-refractivity contribution < 1.29 is 14.6 Å². The molecule has 0 bridgehead atoms. The van der Waals surface area contributed by atoms with E-state index >= 15 is 0 Å². The van der Waals surface area contributed by atoms with E-state index in [9.17, 15) is 20.2 Å². The molecule has 15 heavy (non-hydrogen) atoms. The number of nitro groups is 2. The second-order valence-corrected chi connectivity index (χ2v) is 2.80. The van der Waals surface area contributed by atoms with Gasteiger partial charge in [0.15, 0.2) is 0 Å². The van der Waals surface area contributed by atoms with Gasteiger partial charge in [0.05, 0.1) is 29.1 Å². The molecule has 7 heteroatoms. The van der Waals surface area contributed by atoms with Gasteiger partial charge in [-0.05, 0) is 6.92 Å². The largest absolute Gasteiger partial charge is 0.496 e. The average molecular weight is 212 g/mol. The number of methoxy groups -OCH3 is 1. The van der Waals surface area contributed by atoms with Gasteiger partial charge in [0.25, 0.3) is 11.4 Å². The maximum atomic E-state index is 10.6. The van der Waals surface area contributed by atoms with Crippen molar-refractivity contribution in [2.75, 3.05) is 7.11 Å². The lowest BCUT2D eigenvalue weighted by Gasteiger charge is -2.02. The zero-order valence-corrected chi connectivity index (χ0v) is 8.09. The summed E-state index contributed by atoms with van der Waals surface area (Å²) >= 11 is 0. The zero-order valence-electron chi connectivity index (χ0n) is 8.09. The van der Waals surface area contributed by atoms with Gasteiger partial charge in [-0.3, -0.25) is 20.2 Å². The topological polar surface area (TPSA) is 95.5 Å². The average Bonchev–Trinajstić information content (AvgIpc) is 2.17. The summed E-state index contributed by atoms with van der Waals surface area (Å²) in [6.07, 6.45) is 0. The summed E-state index contributed by atoms with van der Waals surface area (Å²) in [4.78, 5) is 19.8. The van der Waals surface area contributed by atoms with Crippen LogP contribution in [0.3, 0.4) is 0 Å². The predicted octanol–water partition coefficient (Wildman–Crippen LogP) is 1.82. The quantitative estimate of drug-likeness (QED) is 0.562. The van der Waals surface area contributed by atoms with E-state index in [0.717, 1.165) is 12.1 Å². The fourth-order valence-corrected chi connectivity index (χ4v) is 1.16. The van der Waals surface area contributed by atoms with E-state index in [1.807, 2.05) is 0 Å². The molecule has 0 atom stereocenters. The minimum absolute atomic E-state index is 0.0193. The number of benzene rings is 1. The lowest BCUT2D eigenvalue weighted by atomic mass is 10.1. The first-order chi connectivity index (χ1) is 6.97. The van der Waals surface area contributed by atoms with Crippen molar-refractivity contribution in [2.45, 2.75) is 6.92 Å². The third-order valence-electron chi connectivity index (χ3n) is 1.96. The maximum absolute atomic E-state index is 10.6. The van der Waals surface area contributed by atoms with Crippen LogP contribution in [0.25, 0.3) is 0 Å². The van der Waals surface area contributed by atoms with E-state index in [1.165, 1.54) is 14.0 Å². The van der Waals surface area contributed by atoms with Gasteiger partial charge in [0.1, 0.15) is 11.3 Å². The van der Waals surface area contributed by atoms with Crippen LogP contribution >= 0.6 is 0 Å². The Morgan fingerprint density at radius 1 is 1.13 bits per heavy atom. The molecule has 0 radical (unpaired) electrons. The van der Waals surface area contributed by atoms with Crippen molar-refractivity contribution in [3.8, 4) is 5.75 Å². The number of nitro benzene ring substituents is 2. The van der Waals surface area contributed by atoms with Gasteiger partial charge < -0.3 is 4.74 Å². The maximum Gasteiger partial charge on any atom is 0.282 e. The van der Waals surface area contributed by atoms with Crippen molar-refractivity contribution in [2.24, 2.45) is 0 Å². The van der Waals surface area contributed by atoms with Crippen LogP contribution in [0.1, 0.15) is 5.56 Å². The summed E-state index contributed by atoms with van der Waals surface area (Å²) in [5.41, 5.74) is -0.618. The fraction of sp³-hybridized carbons (Fsp3) is 0.250. The molecule has 0 amide bonds. The SMILES string of the molecule is COc1cc([N+](=O)[O-])c(C)c([N+](=O)[O-])c1. The van der Waals surface area contributed by atoms with Crippen LogP contribution < -0.4 is 4.74 Å². The Morgan fingerprint density at radius 3 is 1.80 bits per heavy atom. The number of hydrogen-bond acceptors (Lipinski definition) is 5. The van der Waals surface area contributed by atoms with E-state index in [1.54, 1.807) is 0 Å². The third kappa shape index (κ3) is 2.01. The molecule has 0 aromatic heterocycles. The second-order valence-electron chi connectivity index (χ2n) is 2.80. The standard InChI is InChI=1S/C8H8N2O5/c1-5-7(9(11)12)3-6(15-2)4-8(5)10(13)14/h3-4H,1-2H3. The van der Waals surface area contributed by atoms with Crippen LogP contribution in [0.4, 0.5) is 11.4 Å². The Hall–Kier alpha value is -2.18. The highest BCUT2D eigenvalue weighted by Crippen LogP contribution is 2.32. The first kappa shape index (κ1) is 10.9. The first-order valence-electron chi connectivity index (χ1n) is 3.94. The van der Waals surface area contributed by atoms with Gasteiger partial charge in [0.2, 0.25) is 0 Å². The molecule has 0 fully saturated rings. The Labute approximate surface area is 84.6 Å². The summed E-state index contributed by atoms with van der Waals surface area (Å²) in [6.45, 7) is 1.33. The summed E-state index contributed by atoms with van der Waals surface area (Å²) in [7, 11) is 1.29. The van der Waals surface area contributed by atoms with Gasteiger partial charge in [0, 0.05) is 0 Å². The monoisotopic (exact) mass is 212 g/mol. The molecule has 0 heterocycles. The van der Waals surface area contributed by atoms with Crippen molar-refractivity contribution in [3.63, 3.8) is 0 Å². The normalized spacial score (nSPS) is 9.73. The van der Waals surface area contributed by atoms with E-state index in [2.05, 4.69) is 0 Å². The molecule has 1 aromatic rings. The van der Waals surface area contributed by atoms with Gasteiger partial charge in [-0.15, -0.1) is 0 Å². The van der Waals surface area contributed by atoms with E-state index < -0.39 is 9.85 Å². The number of hydrogen-bond donors (Lipinski definition) is 0. The van der Waals surface area contributed by atoms with E-state index in [4.69, 9.17) is 4.74 Å². The molecule has 0 saturated carbocycles. The summed E-state index contributed by atoms with van der Waals surface area (Å²) in [5.74, 6) is 0.0963. The lowest BCUT2D eigenvalue weighted by molar-refractivity contribution is -0.395. The highest BCUT2D eigenvalue weighted by atomic mass is 16.6. The van der Waals surface area contributed by atoms with Crippen LogP contribution in [-0.2, 0) is 0 Å². The molecule has 7 nitrogen and oxygen atoms in total. The number of nitrogens with zero attached hydrogens (tertiary/aromatic N) is 2. The lowest BCUT2D eigenvalue weighted by Crippen LogP contribution is -1.98. The highest BCUT2D eigenvalue weighted by Gasteiger charge is 2.23. The minimum Gasteiger partial charge on any atom is -0.496 e. The van der Waals surface area contributed by atoms with Gasteiger partial charge in [-0.25, -0.2) is 0 Å². The van der Waals surface area contributed by atoms with Crippen molar-refractivity contribution in [1.82, 2.24) is 0 Å². The fourth-order valence-electron chi connectivity index (χ4n) is 1.16. The molecule has 0 unspecified atom stereocenters. The molecule has 80 valence electrons. The molecule has 1 rings (SSSR count). The molecule has 0 aliphatic carbocycles. The predicted molar refractivity (Wildman–Crippen MR) is 51.0 cm³/mol. The van der Waals surface area contributed by atoms with E-state index in [0.29, 0.717) is 0 Å². The van der Waals surface area contributed by atoms with E-state index in [-0.39, 0.29) is 22.7 Å². The van der Waals surface area contributed by atoms with Crippen molar-refractivity contribution in [1.29, 1.82) is 0 Å². The van der Waals surface area contributed by atoms with Crippen LogP contribution in [0.15, 0.2) is 12.1 Å². The summed E-state index contributed by atoms with van der Waals surface area (Å²) < 4.78 is 4.74. The van der Waals surface area contributed by atoms with Gasteiger partial charge in [-0.1, -0.05) is 0 Å². The summed E-state index contributed by atoms with van der Waals surface area (Å²) in [5, 5.41) is 21.2. The molecule has 0 aliphatic rings. The van der Waals surface area contributed by atoms with Crippen LogP contribution in [0.2, 0.25) is 0 Å². The highest BCUT2D eigenvalue weighted by molar-refractivity contribution is 5.57. The molecule has 0 saturated heterocycles. The second kappa shape index (κ2) is 3.91. The molecule has 0 spiro atoms. The van der Waals surface area contributed by atoms with Crippen molar-refractivity contribution in [3.05, 3.63) is 37.9 Å². The Morgan fingerprint density at radius 2 is 1.53 bits per heavy atom. The minimum atomic E-state index is -0.676. The number of rotatable bonds is 3. The van der Waals surface area contributed by atoms with Gasteiger partial charge >= 0.3 is 0 Å². The van der Waals surface area contributed by atoms with Gasteiger partial charge in [-0.2, -0.15) is 0 Å². The molecular formula is C8H8N2O5. The van der Waals surface area contributed by atoms with Crippen molar-refractivity contribution >= 4 is 11.4 Å². The van der Waals surface area contributed by atoms with Crippen LogP contribution in [0.5, 0.6) is 5.75 Å². The Balaban J connectivity index is 3.47. The zero-order chi connectivity index (χ0) is 11.6. The molecular weight excluding hydrogens is 204 g/mol. The third-order valence-corrected chi connectivity index (χ3v) is 1.96. The van der Waals surface area contributed by atoms with Crippen LogP contribution in [-0.4, -0.2) is 17.0 Å². The number of ether oxygens (including phenoxy) is 1. The Kier molecular flexibility index (Phi) is 2.84. The molecule has 0 aliphatic heterocycles.